The maximum absolute atomic E-state index is 11.9. The lowest BCUT2D eigenvalue weighted by Gasteiger charge is -2.38. The number of carboxylic acid groups (broad SMARTS) is 1. The molecule has 19 heavy (non-hydrogen) atoms. The van der Waals surface area contributed by atoms with Crippen molar-refractivity contribution in [1.82, 2.24) is 5.32 Å². The van der Waals surface area contributed by atoms with E-state index in [0.29, 0.717) is 6.54 Å². The molecule has 0 saturated heterocycles. The SMILES string of the molecule is COC1(C(=O)NCCCCCCCC(=O)O)CCC1. The number of hydrogen-bond donors (Lipinski definition) is 2. The van der Waals surface area contributed by atoms with Gasteiger partial charge < -0.3 is 15.2 Å². The zero-order chi connectivity index (χ0) is 14.1. The second-order valence-corrected chi connectivity index (χ2v) is 5.22. The minimum absolute atomic E-state index is 0.0205. The molecule has 1 aliphatic carbocycles. The summed E-state index contributed by atoms with van der Waals surface area (Å²) in [5, 5.41) is 11.4. The molecule has 0 heterocycles. The van der Waals surface area contributed by atoms with Gasteiger partial charge >= 0.3 is 5.97 Å². The molecule has 0 unspecified atom stereocenters. The molecule has 1 amide bonds. The summed E-state index contributed by atoms with van der Waals surface area (Å²) in [6.45, 7) is 0.683. The van der Waals surface area contributed by atoms with E-state index in [1.165, 1.54) is 0 Å². The van der Waals surface area contributed by atoms with Crippen LogP contribution in [0.5, 0.6) is 0 Å². The molecule has 0 spiro atoms. The molecule has 2 N–H and O–H groups in total. The van der Waals surface area contributed by atoms with Crippen LogP contribution in [0.15, 0.2) is 0 Å². The minimum Gasteiger partial charge on any atom is -0.481 e. The summed E-state index contributed by atoms with van der Waals surface area (Å²) in [6.07, 6.45) is 7.65. The van der Waals surface area contributed by atoms with Crippen LogP contribution in [0.4, 0.5) is 0 Å². The molecule has 110 valence electrons. The number of hydrogen-bond acceptors (Lipinski definition) is 3. The Morgan fingerprint density at radius 1 is 1.16 bits per heavy atom. The first-order valence-electron chi connectivity index (χ1n) is 7.16. The lowest BCUT2D eigenvalue weighted by atomic mass is 9.79. The van der Waals surface area contributed by atoms with Gasteiger partial charge in [0.25, 0.3) is 5.91 Å². The molecule has 0 aliphatic heterocycles. The highest BCUT2D eigenvalue weighted by molar-refractivity contribution is 5.86. The van der Waals surface area contributed by atoms with Crippen molar-refractivity contribution in [3.63, 3.8) is 0 Å². The third-order valence-electron chi connectivity index (χ3n) is 3.82. The van der Waals surface area contributed by atoms with Crippen molar-refractivity contribution in [1.29, 1.82) is 0 Å². The Balaban J connectivity index is 1.96. The van der Waals surface area contributed by atoms with Gasteiger partial charge in [-0.1, -0.05) is 19.3 Å². The van der Waals surface area contributed by atoms with Crippen molar-refractivity contribution < 1.29 is 19.4 Å². The number of amides is 1. The summed E-state index contributed by atoms with van der Waals surface area (Å²) in [4.78, 5) is 22.2. The molecule has 0 aromatic carbocycles. The van der Waals surface area contributed by atoms with Crippen LogP contribution in [0.1, 0.15) is 57.8 Å². The fraction of sp³-hybridized carbons (Fsp3) is 0.857. The van der Waals surface area contributed by atoms with Gasteiger partial charge in [0.1, 0.15) is 5.60 Å². The molecule has 1 fully saturated rings. The standard InChI is InChI=1S/C14H25NO4/c1-19-14(9-7-10-14)13(18)15-11-6-4-2-3-5-8-12(16)17/h2-11H2,1H3,(H,15,18)(H,16,17). The predicted molar refractivity (Wildman–Crippen MR) is 71.9 cm³/mol. The topological polar surface area (TPSA) is 75.6 Å². The van der Waals surface area contributed by atoms with Gasteiger partial charge in [-0.3, -0.25) is 9.59 Å². The predicted octanol–water partition coefficient (Wildman–Crippen LogP) is 2.10. The average Bonchev–Trinajstić information content (AvgIpc) is 2.31. The van der Waals surface area contributed by atoms with Gasteiger partial charge in [-0.05, 0) is 32.1 Å². The van der Waals surface area contributed by atoms with Crippen LogP contribution in [-0.4, -0.2) is 36.2 Å². The normalized spacial score (nSPS) is 16.7. The molecule has 1 rings (SSSR count). The maximum atomic E-state index is 11.9. The van der Waals surface area contributed by atoms with Gasteiger partial charge in [0.2, 0.25) is 0 Å². The number of rotatable bonds is 10. The number of unbranched alkanes of at least 4 members (excludes halogenated alkanes) is 4. The summed E-state index contributed by atoms with van der Waals surface area (Å²) >= 11 is 0. The van der Waals surface area contributed by atoms with Crippen LogP contribution < -0.4 is 5.32 Å². The molecule has 1 aliphatic rings. The van der Waals surface area contributed by atoms with E-state index < -0.39 is 11.6 Å². The third-order valence-corrected chi connectivity index (χ3v) is 3.82. The van der Waals surface area contributed by atoms with Gasteiger partial charge in [0.05, 0.1) is 0 Å². The van der Waals surface area contributed by atoms with E-state index in [9.17, 15) is 9.59 Å². The monoisotopic (exact) mass is 271 g/mol. The number of methoxy groups -OCH3 is 1. The fourth-order valence-electron chi connectivity index (χ4n) is 2.32. The fourth-order valence-corrected chi connectivity index (χ4v) is 2.32. The van der Waals surface area contributed by atoms with Crippen molar-refractivity contribution in [3.05, 3.63) is 0 Å². The summed E-state index contributed by atoms with van der Waals surface area (Å²) < 4.78 is 5.30. The van der Waals surface area contributed by atoms with Gasteiger partial charge in [-0.25, -0.2) is 0 Å². The van der Waals surface area contributed by atoms with E-state index in [4.69, 9.17) is 9.84 Å². The smallest absolute Gasteiger partial charge is 0.303 e. The summed E-state index contributed by atoms with van der Waals surface area (Å²) in [5.41, 5.74) is -0.554. The zero-order valence-electron chi connectivity index (χ0n) is 11.7. The van der Waals surface area contributed by atoms with E-state index in [-0.39, 0.29) is 12.3 Å². The van der Waals surface area contributed by atoms with E-state index in [2.05, 4.69) is 5.32 Å². The first-order valence-corrected chi connectivity index (χ1v) is 7.16. The largest absolute Gasteiger partial charge is 0.481 e. The van der Waals surface area contributed by atoms with Crippen LogP contribution in [0.3, 0.4) is 0 Å². The molecule has 0 aromatic rings. The van der Waals surface area contributed by atoms with Crippen molar-refractivity contribution in [3.8, 4) is 0 Å². The Kier molecular flexibility index (Phi) is 6.84. The highest BCUT2D eigenvalue weighted by Crippen LogP contribution is 2.35. The molecular weight excluding hydrogens is 246 g/mol. The summed E-state index contributed by atoms with van der Waals surface area (Å²) in [5.74, 6) is -0.704. The number of carbonyl (C=O) groups is 2. The lowest BCUT2D eigenvalue weighted by molar-refractivity contribution is -0.154. The Labute approximate surface area is 114 Å². The summed E-state index contributed by atoms with van der Waals surface area (Å²) in [7, 11) is 1.60. The first kappa shape index (κ1) is 16.0. The third kappa shape index (κ3) is 5.19. The molecule has 5 heteroatoms. The second kappa shape index (κ2) is 8.15. The molecule has 5 nitrogen and oxygen atoms in total. The van der Waals surface area contributed by atoms with Crippen LogP contribution >= 0.6 is 0 Å². The van der Waals surface area contributed by atoms with Crippen molar-refractivity contribution in [2.45, 2.75) is 63.4 Å². The lowest BCUT2D eigenvalue weighted by Crippen LogP contribution is -2.53. The first-order chi connectivity index (χ1) is 9.10. The van der Waals surface area contributed by atoms with Crippen molar-refractivity contribution in [2.75, 3.05) is 13.7 Å². The van der Waals surface area contributed by atoms with Gasteiger partial charge in [0, 0.05) is 20.1 Å². The average molecular weight is 271 g/mol. The number of carbonyl (C=O) groups excluding carboxylic acids is 1. The van der Waals surface area contributed by atoms with E-state index >= 15 is 0 Å². The van der Waals surface area contributed by atoms with E-state index in [0.717, 1.165) is 51.4 Å². The second-order valence-electron chi connectivity index (χ2n) is 5.22. The van der Waals surface area contributed by atoms with Crippen LogP contribution in [0.2, 0.25) is 0 Å². The Morgan fingerprint density at radius 2 is 1.79 bits per heavy atom. The van der Waals surface area contributed by atoms with Gasteiger partial charge in [-0.15, -0.1) is 0 Å². The number of nitrogens with one attached hydrogen (secondary N) is 1. The highest BCUT2D eigenvalue weighted by Gasteiger charge is 2.44. The van der Waals surface area contributed by atoms with Crippen LogP contribution in [0.25, 0.3) is 0 Å². The number of carboxylic acids is 1. The van der Waals surface area contributed by atoms with Gasteiger partial charge in [-0.2, -0.15) is 0 Å². The van der Waals surface area contributed by atoms with E-state index in [1.807, 2.05) is 0 Å². The van der Waals surface area contributed by atoms with E-state index in [1.54, 1.807) is 7.11 Å². The minimum atomic E-state index is -0.724. The quantitative estimate of drug-likeness (QED) is 0.597. The molecule has 0 atom stereocenters. The van der Waals surface area contributed by atoms with Crippen molar-refractivity contribution in [2.24, 2.45) is 0 Å². The molecule has 1 saturated carbocycles. The van der Waals surface area contributed by atoms with Crippen molar-refractivity contribution >= 4 is 11.9 Å². The molecule has 0 radical (unpaired) electrons. The molecule has 0 bridgehead atoms. The number of aliphatic carboxylic acids is 1. The zero-order valence-corrected chi connectivity index (χ0v) is 11.7. The number of ether oxygens (including phenoxy) is 1. The van der Waals surface area contributed by atoms with Crippen LogP contribution in [0, 0.1) is 0 Å². The molecular formula is C14H25NO4. The highest BCUT2D eigenvalue weighted by atomic mass is 16.5. The Hall–Kier alpha value is -1.10. The van der Waals surface area contributed by atoms with Gasteiger partial charge in [0.15, 0.2) is 0 Å². The Bertz CT molecular complexity index is 294. The molecule has 0 aromatic heterocycles. The summed E-state index contributed by atoms with van der Waals surface area (Å²) in [6, 6.07) is 0. The Morgan fingerprint density at radius 3 is 2.32 bits per heavy atom. The maximum Gasteiger partial charge on any atom is 0.303 e. The van der Waals surface area contributed by atoms with Crippen LogP contribution in [-0.2, 0) is 14.3 Å².